The van der Waals surface area contributed by atoms with Gasteiger partial charge in [0.2, 0.25) is 5.95 Å². The van der Waals surface area contributed by atoms with E-state index in [1.54, 1.807) is 25.6 Å². The molecule has 5 rings (SSSR count). The van der Waals surface area contributed by atoms with Crippen molar-refractivity contribution < 1.29 is 23.5 Å². The lowest BCUT2D eigenvalue weighted by Crippen LogP contribution is -2.41. The number of hydrogen-bond donors (Lipinski definition) is 2. The summed E-state index contributed by atoms with van der Waals surface area (Å²) < 4.78 is 28.2. The molecular weight excluding hydrogens is 670 g/mol. The summed E-state index contributed by atoms with van der Waals surface area (Å²) >= 11 is 6.45. The van der Waals surface area contributed by atoms with Gasteiger partial charge in [0, 0.05) is 36.4 Å². The van der Waals surface area contributed by atoms with E-state index >= 15 is 0 Å². The summed E-state index contributed by atoms with van der Waals surface area (Å²) in [6.07, 6.45) is 15.2. The van der Waals surface area contributed by atoms with E-state index in [1.165, 1.54) is 12.7 Å². The van der Waals surface area contributed by atoms with Gasteiger partial charge in [-0.05, 0) is 64.2 Å². The predicted molar refractivity (Wildman–Crippen MR) is 202 cm³/mol. The number of hydrogen-bond acceptors (Lipinski definition) is 9. The second kappa shape index (κ2) is 17.9. The van der Waals surface area contributed by atoms with Crippen LogP contribution in [0.1, 0.15) is 66.3 Å². The Morgan fingerprint density at radius 1 is 1.12 bits per heavy atom. The number of rotatable bonds is 15. The van der Waals surface area contributed by atoms with E-state index in [0.717, 1.165) is 55.6 Å². The van der Waals surface area contributed by atoms with Crippen LogP contribution in [0, 0.1) is 11.3 Å². The second-order valence-corrected chi connectivity index (χ2v) is 14.8. The summed E-state index contributed by atoms with van der Waals surface area (Å²) in [5.74, 6) is 2.06. The first-order valence-electron chi connectivity index (χ1n) is 17.7. The zero-order chi connectivity index (χ0) is 36.4. The molecule has 2 aliphatic rings. The molecule has 13 nitrogen and oxygen atoms in total. The van der Waals surface area contributed by atoms with E-state index in [0.29, 0.717) is 48.3 Å². The smallest absolute Gasteiger partial charge is 0.256 e. The highest BCUT2D eigenvalue weighted by Gasteiger charge is 2.30. The molecule has 14 heteroatoms. The highest BCUT2D eigenvalue weighted by Crippen LogP contribution is 2.36. The Morgan fingerprint density at radius 3 is 2.53 bits per heavy atom. The van der Waals surface area contributed by atoms with Gasteiger partial charge >= 0.3 is 0 Å². The molecule has 3 N–H and O–H groups in total. The van der Waals surface area contributed by atoms with Crippen LogP contribution in [-0.2, 0) is 9.47 Å². The minimum absolute atomic E-state index is 0.193. The zero-order valence-corrected chi connectivity index (χ0v) is 31.4. The molecule has 276 valence electrons. The summed E-state index contributed by atoms with van der Waals surface area (Å²) in [5.41, 5.74) is 7.46. The number of aromatic nitrogens is 4. The number of nitrogens with one attached hydrogen (secondary N) is 1. The average molecular weight is 723 g/mol. The Balaban J connectivity index is 1.27. The van der Waals surface area contributed by atoms with E-state index in [2.05, 4.69) is 68.4 Å². The highest BCUT2D eigenvalue weighted by atomic mass is 35.5. The maximum atomic E-state index is 6.45. The molecule has 1 aliphatic heterocycles. The molecule has 0 unspecified atom stereocenters. The number of anilines is 2. The molecule has 2 fully saturated rings. The fraction of sp³-hybridized carbons (Fsp3) is 0.568. The van der Waals surface area contributed by atoms with Crippen molar-refractivity contribution in [2.45, 2.75) is 84.7 Å². The molecule has 0 radical (unpaired) electrons. The van der Waals surface area contributed by atoms with E-state index in [-0.39, 0.29) is 29.8 Å². The lowest BCUT2D eigenvalue weighted by Gasteiger charge is -2.28. The van der Waals surface area contributed by atoms with Crippen LogP contribution < -0.4 is 20.5 Å². The topological polar surface area (TPSA) is 146 Å². The van der Waals surface area contributed by atoms with E-state index in [9.17, 15) is 0 Å². The van der Waals surface area contributed by atoms with Gasteiger partial charge in [-0.15, -0.1) is 5.10 Å². The van der Waals surface area contributed by atoms with Crippen LogP contribution in [0.5, 0.6) is 11.6 Å². The number of aliphatic imine (C=N–C) groups is 2. The van der Waals surface area contributed by atoms with Crippen LogP contribution in [0.3, 0.4) is 0 Å². The number of methoxy groups -OCH3 is 1. The number of halogens is 1. The molecule has 3 heterocycles. The third-order valence-corrected chi connectivity index (χ3v) is 9.22. The molecule has 1 aromatic carbocycles. The number of nitrogens with zero attached hydrogens (tertiary/aromatic N) is 7. The maximum Gasteiger partial charge on any atom is 0.256 e. The lowest BCUT2D eigenvalue weighted by molar-refractivity contribution is -0.564. The minimum atomic E-state index is -0.224. The van der Waals surface area contributed by atoms with Gasteiger partial charge in [-0.1, -0.05) is 31.5 Å². The van der Waals surface area contributed by atoms with Gasteiger partial charge in [-0.2, -0.15) is 0 Å². The Kier molecular flexibility index (Phi) is 13.4. The minimum Gasteiger partial charge on any atom is -0.487 e. The molecule has 3 aromatic rings. The average Bonchev–Trinajstić information content (AvgIpc) is 3.49. The van der Waals surface area contributed by atoms with E-state index in [1.807, 2.05) is 25.3 Å². The van der Waals surface area contributed by atoms with E-state index < -0.39 is 0 Å². The zero-order valence-electron chi connectivity index (χ0n) is 30.7. The molecule has 3 atom stereocenters. The van der Waals surface area contributed by atoms with Crippen LogP contribution in [0.2, 0.25) is 5.02 Å². The number of nitrogens with two attached hydrogens (primary N) is 1. The monoisotopic (exact) mass is 722 g/mol. The Morgan fingerprint density at radius 2 is 1.84 bits per heavy atom. The van der Waals surface area contributed by atoms with Gasteiger partial charge in [0.25, 0.3) is 5.88 Å². The SMILES string of the molecule is COCC(C)(C)COc1nn(C2CCC(C=[N+]3C[C@@H](C)O[C@@H](C)C3)CC2)cc1Nc1ncc(-c2ccc(Cl)c(O[C@@H](C)CN=CN=CN)c2)cn1. The van der Waals surface area contributed by atoms with Gasteiger partial charge in [-0.25, -0.2) is 19.5 Å². The van der Waals surface area contributed by atoms with Crippen molar-refractivity contribution in [1.29, 1.82) is 0 Å². The Hall–Kier alpha value is -4.07. The van der Waals surface area contributed by atoms with Gasteiger partial charge in [0.1, 0.15) is 42.3 Å². The largest absolute Gasteiger partial charge is 0.487 e. The van der Waals surface area contributed by atoms with Crippen LogP contribution in [-0.4, -0.2) is 101 Å². The fourth-order valence-electron chi connectivity index (χ4n) is 6.57. The molecular formula is C37H53ClN9O4+. The van der Waals surface area contributed by atoms with E-state index in [4.69, 9.17) is 41.4 Å². The Labute approximate surface area is 306 Å². The molecule has 1 saturated carbocycles. The van der Waals surface area contributed by atoms with Crippen molar-refractivity contribution in [3.05, 3.63) is 41.8 Å². The van der Waals surface area contributed by atoms with Crippen LogP contribution >= 0.6 is 11.6 Å². The first-order chi connectivity index (χ1) is 24.5. The third-order valence-electron chi connectivity index (χ3n) is 8.91. The highest BCUT2D eigenvalue weighted by molar-refractivity contribution is 6.32. The molecule has 0 amide bonds. The second-order valence-electron chi connectivity index (χ2n) is 14.4. The normalized spacial score (nSPS) is 22.8. The standard InChI is InChI=1S/C37H53ClN9O4/c1-25(14-40-24-41-23-39)51-34-13-29(9-12-32(34)38)30-15-42-36(43-16-30)44-33-20-47(45-35(33)49-22-37(4,5)21-48-6)31-10-7-28(8-11-31)19-46-17-26(2)50-27(3)18-46/h9,12-13,15-16,19-20,23-28,31H,7-8,10-11,14,17-18,21-22H2,1-6H3,(H2,39,40,41)(H,42,43,44)/q+1/t25-,26-,27+,28?,31?/m0/s1. The number of ether oxygens (including phenoxy) is 4. The number of benzene rings is 1. The van der Waals surface area contributed by atoms with Crippen molar-refractivity contribution in [3.8, 4) is 22.8 Å². The molecule has 0 bridgehead atoms. The molecule has 1 aliphatic carbocycles. The van der Waals surface area contributed by atoms with Gasteiger partial charge in [-0.3, -0.25) is 9.67 Å². The van der Waals surface area contributed by atoms with Gasteiger partial charge in [0.15, 0.2) is 13.1 Å². The summed E-state index contributed by atoms with van der Waals surface area (Å²) in [6, 6.07) is 5.86. The summed E-state index contributed by atoms with van der Waals surface area (Å²) in [5, 5.41) is 8.80. The van der Waals surface area contributed by atoms with Crippen LogP contribution in [0.4, 0.5) is 11.6 Å². The maximum absolute atomic E-state index is 6.45. The molecule has 2 aromatic heterocycles. The quantitative estimate of drug-likeness (QED) is 0.106. The van der Waals surface area contributed by atoms with Crippen LogP contribution in [0.25, 0.3) is 11.1 Å². The molecule has 51 heavy (non-hydrogen) atoms. The first-order valence-corrected chi connectivity index (χ1v) is 18.1. The van der Waals surface area contributed by atoms with Gasteiger partial charge in [0.05, 0.1) is 43.4 Å². The van der Waals surface area contributed by atoms with Crippen molar-refractivity contribution in [3.63, 3.8) is 0 Å². The predicted octanol–water partition coefficient (Wildman–Crippen LogP) is 6.19. The number of morpholine rings is 1. The Bertz CT molecular complexity index is 1640. The lowest BCUT2D eigenvalue weighted by atomic mass is 9.86. The summed E-state index contributed by atoms with van der Waals surface area (Å²) in [6.45, 7) is 13.8. The fourth-order valence-corrected chi connectivity index (χ4v) is 6.74. The van der Waals surface area contributed by atoms with Crippen molar-refractivity contribution in [2.75, 3.05) is 45.3 Å². The van der Waals surface area contributed by atoms with Crippen molar-refractivity contribution in [2.24, 2.45) is 27.1 Å². The third kappa shape index (κ3) is 11.2. The van der Waals surface area contributed by atoms with Crippen LogP contribution in [0.15, 0.2) is 46.8 Å². The first kappa shape index (κ1) is 38.2. The molecule has 1 saturated heterocycles. The summed E-state index contributed by atoms with van der Waals surface area (Å²) in [7, 11) is 1.70. The summed E-state index contributed by atoms with van der Waals surface area (Å²) in [4.78, 5) is 17.2. The van der Waals surface area contributed by atoms with Gasteiger partial charge < -0.3 is 30.0 Å². The van der Waals surface area contributed by atoms with Crippen molar-refractivity contribution >= 4 is 42.1 Å². The van der Waals surface area contributed by atoms with Crippen molar-refractivity contribution in [1.82, 2.24) is 19.7 Å². The molecule has 0 spiro atoms.